The van der Waals surface area contributed by atoms with Gasteiger partial charge in [-0.2, -0.15) is 0 Å². The van der Waals surface area contributed by atoms with Crippen LogP contribution in [0, 0.1) is 0 Å². The van der Waals surface area contributed by atoms with E-state index < -0.39 is 5.91 Å². The van der Waals surface area contributed by atoms with Gasteiger partial charge in [-0.05, 0) is 57.5 Å². The van der Waals surface area contributed by atoms with Gasteiger partial charge in [0.2, 0.25) is 5.91 Å². The van der Waals surface area contributed by atoms with Gasteiger partial charge in [0, 0.05) is 24.2 Å². The van der Waals surface area contributed by atoms with Crippen LogP contribution in [0.15, 0.2) is 24.3 Å². The van der Waals surface area contributed by atoms with Crippen molar-refractivity contribution >= 4 is 11.8 Å². The van der Waals surface area contributed by atoms with Crippen molar-refractivity contribution in [3.63, 3.8) is 0 Å². The minimum absolute atomic E-state index is 0.00481. The Morgan fingerprint density at radius 3 is 2.67 bits per heavy atom. The summed E-state index contributed by atoms with van der Waals surface area (Å²) >= 11 is 0. The molecule has 0 radical (unpaired) electrons. The third-order valence-electron chi connectivity index (χ3n) is 5.12. The number of carbonyl (C=O) groups is 2. The molecule has 0 unspecified atom stereocenters. The molecular weight excluding hydrogens is 306 g/mol. The molecule has 0 saturated carbocycles. The van der Waals surface area contributed by atoms with Crippen LogP contribution >= 0.6 is 0 Å². The van der Waals surface area contributed by atoms with Crippen LogP contribution in [0.3, 0.4) is 0 Å². The van der Waals surface area contributed by atoms with E-state index in [-0.39, 0.29) is 12.5 Å². The van der Waals surface area contributed by atoms with Crippen molar-refractivity contribution in [2.75, 3.05) is 26.7 Å². The van der Waals surface area contributed by atoms with Crippen molar-refractivity contribution in [3.8, 4) is 5.75 Å². The maximum Gasteiger partial charge on any atom is 0.260 e. The maximum atomic E-state index is 12.6. The second-order valence-electron chi connectivity index (χ2n) is 6.67. The largest absolute Gasteiger partial charge is 0.484 e. The van der Waals surface area contributed by atoms with E-state index in [0.29, 0.717) is 23.4 Å². The molecule has 6 heteroatoms. The lowest BCUT2D eigenvalue weighted by atomic mass is 10.0. The number of primary amides is 1. The molecule has 2 amide bonds. The van der Waals surface area contributed by atoms with Crippen LogP contribution in [0.1, 0.15) is 36.0 Å². The summed E-state index contributed by atoms with van der Waals surface area (Å²) in [6, 6.07) is 7.39. The van der Waals surface area contributed by atoms with Crippen molar-refractivity contribution in [3.05, 3.63) is 29.8 Å². The number of hydrogen-bond acceptors (Lipinski definition) is 4. The van der Waals surface area contributed by atoms with E-state index in [4.69, 9.17) is 10.5 Å². The highest BCUT2D eigenvalue weighted by Gasteiger charge is 2.38. The van der Waals surface area contributed by atoms with E-state index in [0.717, 1.165) is 32.4 Å². The summed E-state index contributed by atoms with van der Waals surface area (Å²) in [5, 5.41) is 0. The maximum absolute atomic E-state index is 12.6. The molecule has 1 aromatic rings. The highest BCUT2D eigenvalue weighted by Crippen LogP contribution is 2.29. The van der Waals surface area contributed by atoms with Crippen molar-refractivity contribution in [2.45, 2.75) is 37.8 Å². The Kier molecular flexibility index (Phi) is 5.04. The van der Waals surface area contributed by atoms with E-state index >= 15 is 0 Å². The van der Waals surface area contributed by atoms with Crippen LogP contribution < -0.4 is 10.5 Å². The molecule has 2 fully saturated rings. The van der Waals surface area contributed by atoms with E-state index in [9.17, 15) is 9.59 Å². The van der Waals surface area contributed by atoms with Crippen molar-refractivity contribution in [1.29, 1.82) is 0 Å². The SMILES string of the molecule is CN1CCC[C@H]1[C@H]1CCCN1C(=O)COc1cccc(C(N)=O)c1. The highest BCUT2D eigenvalue weighted by molar-refractivity contribution is 5.93. The third-order valence-corrected chi connectivity index (χ3v) is 5.12. The lowest BCUT2D eigenvalue weighted by Gasteiger charge is -2.33. The van der Waals surface area contributed by atoms with E-state index in [1.54, 1.807) is 24.3 Å². The van der Waals surface area contributed by atoms with Gasteiger partial charge in [0.1, 0.15) is 5.75 Å². The number of nitrogens with zero attached hydrogens (tertiary/aromatic N) is 2. The molecule has 1 aromatic carbocycles. The summed E-state index contributed by atoms with van der Waals surface area (Å²) in [6.45, 7) is 1.91. The Morgan fingerprint density at radius 1 is 1.21 bits per heavy atom. The van der Waals surface area contributed by atoms with Crippen LogP contribution in [0.25, 0.3) is 0 Å². The first kappa shape index (κ1) is 16.8. The molecule has 130 valence electrons. The van der Waals surface area contributed by atoms with Crippen LogP contribution in [0.5, 0.6) is 5.75 Å². The molecule has 24 heavy (non-hydrogen) atoms. The average molecular weight is 331 g/mol. The monoisotopic (exact) mass is 331 g/mol. The normalized spacial score (nSPS) is 24.3. The number of likely N-dealkylation sites (tertiary alicyclic amines) is 2. The predicted molar refractivity (Wildman–Crippen MR) is 90.8 cm³/mol. The number of amides is 2. The number of hydrogen-bond donors (Lipinski definition) is 1. The second kappa shape index (κ2) is 7.21. The van der Waals surface area contributed by atoms with Crippen LogP contribution in [0.4, 0.5) is 0 Å². The first-order chi connectivity index (χ1) is 11.6. The first-order valence-corrected chi connectivity index (χ1v) is 8.58. The fourth-order valence-electron chi connectivity index (χ4n) is 3.89. The summed E-state index contributed by atoms with van der Waals surface area (Å²) in [5.74, 6) is 0.00585. The quantitative estimate of drug-likeness (QED) is 0.881. The zero-order valence-electron chi connectivity index (χ0n) is 14.1. The molecule has 0 bridgehead atoms. The lowest BCUT2D eigenvalue weighted by molar-refractivity contribution is -0.135. The van der Waals surface area contributed by atoms with Crippen LogP contribution in [-0.4, -0.2) is 60.4 Å². The summed E-state index contributed by atoms with van der Waals surface area (Å²) in [6.07, 6.45) is 4.48. The molecule has 2 aliphatic heterocycles. The third kappa shape index (κ3) is 3.53. The van der Waals surface area contributed by atoms with E-state index in [2.05, 4.69) is 11.9 Å². The van der Waals surface area contributed by atoms with Gasteiger partial charge in [0.05, 0.1) is 0 Å². The molecule has 0 aliphatic carbocycles. The van der Waals surface area contributed by atoms with Crippen molar-refractivity contribution in [1.82, 2.24) is 9.80 Å². The molecule has 3 rings (SSSR count). The van der Waals surface area contributed by atoms with Gasteiger partial charge in [0.15, 0.2) is 6.61 Å². The van der Waals surface area contributed by atoms with E-state index in [1.807, 2.05) is 4.90 Å². The van der Waals surface area contributed by atoms with Crippen LogP contribution in [-0.2, 0) is 4.79 Å². The molecule has 2 heterocycles. The average Bonchev–Trinajstić information content (AvgIpc) is 3.21. The zero-order valence-corrected chi connectivity index (χ0v) is 14.1. The fourth-order valence-corrected chi connectivity index (χ4v) is 3.89. The summed E-state index contributed by atoms with van der Waals surface area (Å²) in [7, 11) is 2.14. The Morgan fingerprint density at radius 2 is 1.96 bits per heavy atom. The topological polar surface area (TPSA) is 75.9 Å². The number of benzene rings is 1. The standard InChI is InChI=1S/C18H25N3O3/c1-20-9-3-7-15(20)16-8-4-10-21(16)17(22)12-24-14-6-2-5-13(11-14)18(19)23/h2,5-6,11,15-16H,3-4,7-10,12H2,1H3,(H2,19,23)/t15-,16+/m0/s1. The van der Waals surface area contributed by atoms with E-state index in [1.165, 1.54) is 6.42 Å². The summed E-state index contributed by atoms with van der Waals surface area (Å²) < 4.78 is 5.60. The van der Waals surface area contributed by atoms with Gasteiger partial charge < -0.3 is 20.3 Å². The Bertz CT molecular complexity index is 619. The molecule has 0 spiro atoms. The van der Waals surface area contributed by atoms with Gasteiger partial charge in [-0.3, -0.25) is 9.59 Å². The second-order valence-corrected chi connectivity index (χ2v) is 6.67. The molecule has 2 aliphatic rings. The zero-order chi connectivity index (χ0) is 17.1. The van der Waals surface area contributed by atoms with Crippen molar-refractivity contribution < 1.29 is 14.3 Å². The summed E-state index contributed by atoms with van der Waals surface area (Å²) in [4.78, 5) is 28.2. The van der Waals surface area contributed by atoms with Crippen LogP contribution in [0.2, 0.25) is 0 Å². The van der Waals surface area contributed by atoms with Gasteiger partial charge in [-0.25, -0.2) is 0 Å². The molecule has 2 atom stereocenters. The molecule has 6 nitrogen and oxygen atoms in total. The Balaban J connectivity index is 1.60. The first-order valence-electron chi connectivity index (χ1n) is 8.58. The predicted octanol–water partition coefficient (Wildman–Crippen LogP) is 1.25. The molecular formula is C18H25N3O3. The Labute approximate surface area is 142 Å². The number of nitrogens with two attached hydrogens (primary N) is 1. The fraction of sp³-hybridized carbons (Fsp3) is 0.556. The van der Waals surface area contributed by atoms with Gasteiger partial charge in [0.25, 0.3) is 5.91 Å². The minimum atomic E-state index is -0.504. The van der Waals surface area contributed by atoms with Gasteiger partial charge in [-0.15, -0.1) is 0 Å². The minimum Gasteiger partial charge on any atom is -0.484 e. The molecule has 0 aromatic heterocycles. The number of likely N-dealkylation sites (N-methyl/N-ethyl adjacent to an activating group) is 1. The number of rotatable bonds is 5. The number of ether oxygens (including phenoxy) is 1. The smallest absolute Gasteiger partial charge is 0.260 e. The Hall–Kier alpha value is -2.08. The summed E-state index contributed by atoms with van der Waals surface area (Å²) in [5.41, 5.74) is 5.65. The van der Waals surface area contributed by atoms with Gasteiger partial charge >= 0.3 is 0 Å². The molecule has 2 N–H and O–H groups in total. The highest BCUT2D eigenvalue weighted by atomic mass is 16.5. The lowest BCUT2D eigenvalue weighted by Crippen LogP contribution is -2.48. The van der Waals surface area contributed by atoms with Crippen molar-refractivity contribution in [2.24, 2.45) is 5.73 Å². The number of carbonyl (C=O) groups excluding carboxylic acids is 2. The molecule has 2 saturated heterocycles. The van der Waals surface area contributed by atoms with Gasteiger partial charge in [-0.1, -0.05) is 6.07 Å².